The van der Waals surface area contributed by atoms with E-state index < -0.39 is 0 Å². The van der Waals surface area contributed by atoms with Gasteiger partial charge in [-0.3, -0.25) is 4.90 Å². The monoisotopic (exact) mass is 331 g/mol. The molecule has 24 heavy (non-hydrogen) atoms. The Bertz CT molecular complexity index is 438. The third-order valence-corrected chi connectivity index (χ3v) is 5.61. The van der Waals surface area contributed by atoms with E-state index >= 15 is 0 Å². The average molecular weight is 332 g/mol. The summed E-state index contributed by atoms with van der Waals surface area (Å²) in [6, 6.07) is 10.7. The van der Waals surface area contributed by atoms with Crippen LogP contribution in [0.3, 0.4) is 0 Å². The Morgan fingerprint density at radius 2 is 1.54 bits per heavy atom. The number of piperidine rings is 1. The molecule has 0 atom stereocenters. The Balaban J connectivity index is 1.66. The van der Waals surface area contributed by atoms with Crippen molar-refractivity contribution >= 4 is 5.69 Å². The van der Waals surface area contributed by atoms with Crippen LogP contribution < -0.4 is 10.6 Å². The standard InChI is InChI=1S/C21H37N3/c1-3-4-5-6-7-8-12-17-23(2)21(22)15-18-24(19-16-21)20-13-10-9-11-14-20/h9-11,13-14H,3-8,12,15-19,22H2,1-2H3. The van der Waals surface area contributed by atoms with Crippen molar-refractivity contribution in [1.29, 1.82) is 0 Å². The van der Waals surface area contributed by atoms with Crippen LogP contribution in [0.4, 0.5) is 5.69 Å². The maximum Gasteiger partial charge on any atom is 0.0718 e. The number of nitrogens with zero attached hydrogens (tertiary/aromatic N) is 2. The molecule has 1 aliphatic heterocycles. The van der Waals surface area contributed by atoms with E-state index in [2.05, 4.69) is 54.1 Å². The second-order valence-corrected chi connectivity index (χ2v) is 7.47. The van der Waals surface area contributed by atoms with Gasteiger partial charge in [0.15, 0.2) is 0 Å². The molecule has 1 aliphatic rings. The van der Waals surface area contributed by atoms with E-state index in [4.69, 9.17) is 5.73 Å². The zero-order chi connectivity index (χ0) is 17.3. The summed E-state index contributed by atoms with van der Waals surface area (Å²) in [7, 11) is 2.22. The summed E-state index contributed by atoms with van der Waals surface area (Å²) in [5, 5.41) is 0. The molecule has 1 aromatic rings. The summed E-state index contributed by atoms with van der Waals surface area (Å²) in [4.78, 5) is 4.88. The summed E-state index contributed by atoms with van der Waals surface area (Å²) in [5.74, 6) is 0. The smallest absolute Gasteiger partial charge is 0.0718 e. The van der Waals surface area contributed by atoms with Crippen molar-refractivity contribution in [3.63, 3.8) is 0 Å². The first-order valence-electron chi connectivity index (χ1n) is 9.96. The topological polar surface area (TPSA) is 32.5 Å². The van der Waals surface area contributed by atoms with Crippen molar-refractivity contribution in [2.45, 2.75) is 70.4 Å². The average Bonchev–Trinajstić information content (AvgIpc) is 2.62. The number of rotatable bonds is 10. The van der Waals surface area contributed by atoms with Crippen molar-refractivity contribution in [2.24, 2.45) is 5.73 Å². The van der Waals surface area contributed by atoms with Gasteiger partial charge in [0.1, 0.15) is 0 Å². The zero-order valence-electron chi connectivity index (χ0n) is 15.8. The van der Waals surface area contributed by atoms with Gasteiger partial charge in [-0.15, -0.1) is 0 Å². The van der Waals surface area contributed by atoms with Gasteiger partial charge in [0.05, 0.1) is 5.66 Å². The summed E-state index contributed by atoms with van der Waals surface area (Å²) >= 11 is 0. The minimum Gasteiger partial charge on any atom is -0.371 e. The Kier molecular flexibility index (Phi) is 8.07. The first-order chi connectivity index (χ1) is 11.7. The molecule has 0 unspecified atom stereocenters. The molecule has 2 rings (SSSR count). The molecule has 0 spiro atoms. The van der Waals surface area contributed by atoms with Crippen LogP contribution in [-0.4, -0.2) is 37.2 Å². The minimum absolute atomic E-state index is 0.118. The SMILES string of the molecule is CCCCCCCCCN(C)C1(N)CCN(c2ccccc2)CC1. The highest BCUT2D eigenvalue weighted by atomic mass is 15.3. The number of nitrogens with two attached hydrogens (primary N) is 1. The van der Waals surface area contributed by atoms with Gasteiger partial charge in [0.2, 0.25) is 0 Å². The Morgan fingerprint density at radius 3 is 2.17 bits per heavy atom. The number of hydrogen-bond acceptors (Lipinski definition) is 3. The second kappa shape index (κ2) is 10.0. The lowest BCUT2D eigenvalue weighted by atomic mass is 9.95. The van der Waals surface area contributed by atoms with Gasteiger partial charge in [-0.1, -0.05) is 63.6 Å². The van der Waals surface area contributed by atoms with Gasteiger partial charge in [-0.05, 0) is 45.0 Å². The van der Waals surface area contributed by atoms with Crippen molar-refractivity contribution in [3.05, 3.63) is 30.3 Å². The van der Waals surface area contributed by atoms with Crippen LogP contribution in [0.2, 0.25) is 0 Å². The molecule has 3 nitrogen and oxygen atoms in total. The van der Waals surface area contributed by atoms with Gasteiger partial charge in [-0.2, -0.15) is 0 Å². The minimum atomic E-state index is -0.118. The molecule has 136 valence electrons. The molecular weight excluding hydrogens is 294 g/mol. The number of unbranched alkanes of at least 4 members (excludes halogenated alkanes) is 6. The maximum atomic E-state index is 6.72. The van der Waals surface area contributed by atoms with Crippen LogP contribution in [0.15, 0.2) is 30.3 Å². The molecule has 0 bridgehead atoms. The maximum absolute atomic E-state index is 6.72. The van der Waals surface area contributed by atoms with Crippen LogP contribution >= 0.6 is 0 Å². The third kappa shape index (κ3) is 5.78. The number of hydrogen-bond donors (Lipinski definition) is 1. The van der Waals surface area contributed by atoms with E-state index in [1.54, 1.807) is 0 Å². The zero-order valence-corrected chi connectivity index (χ0v) is 15.8. The highest BCUT2D eigenvalue weighted by Crippen LogP contribution is 2.26. The van der Waals surface area contributed by atoms with Gasteiger partial charge in [0, 0.05) is 18.8 Å². The van der Waals surface area contributed by atoms with Crippen molar-refractivity contribution < 1.29 is 0 Å². The number of benzene rings is 1. The van der Waals surface area contributed by atoms with Gasteiger partial charge >= 0.3 is 0 Å². The van der Waals surface area contributed by atoms with Crippen LogP contribution in [-0.2, 0) is 0 Å². The normalized spacial score (nSPS) is 17.4. The predicted molar refractivity (Wildman–Crippen MR) is 105 cm³/mol. The molecule has 0 radical (unpaired) electrons. The van der Waals surface area contributed by atoms with Crippen LogP contribution in [0.25, 0.3) is 0 Å². The first kappa shape index (κ1) is 19.3. The Morgan fingerprint density at radius 1 is 0.958 bits per heavy atom. The molecular formula is C21H37N3. The fraction of sp³-hybridized carbons (Fsp3) is 0.714. The molecule has 1 saturated heterocycles. The summed E-state index contributed by atoms with van der Waals surface area (Å²) in [6.07, 6.45) is 11.6. The van der Waals surface area contributed by atoms with Gasteiger partial charge in [-0.25, -0.2) is 0 Å². The molecule has 0 saturated carbocycles. The molecule has 0 amide bonds. The van der Waals surface area contributed by atoms with Crippen LogP contribution in [0, 0.1) is 0 Å². The quantitative estimate of drug-likeness (QED) is 0.501. The van der Waals surface area contributed by atoms with Crippen LogP contribution in [0.5, 0.6) is 0 Å². The van der Waals surface area contributed by atoms with Crippen molar-refractivity contribution in [2.75, 3.05) is 31.6 Å². The molecule has 0 aromatic heterocycles. The largest absolute Gasteiger partial charge is 0.371 e. The lowest BCUT2D eigenvalue weighted by Gasteiger charge is -2.45. The van der Waals surface area contributed by atoms with E-state index in [1.807, 2.05) is 0 Å². The van der Waals surface area contributed by atoms with Crippen LogP contribution in [0.1, 0.15) is 64.7 Å². The molecule has 3 heteroatoms. The molecule has 1 aromatic carbocycles. The molecule has 0 aliphatic carbocycles. The molecule has 1 fully saturated rings. The Hall–Kier alpha value is -1.06. The van der Waals surface area contributed by atoms with E-state index in [-0.39, 0.29) is 5.66 Å². The fourth-order valence-electron chi connectivity index (χ4n) is 3.70. The first-order valence-corrected chi connectivity index (χ1v) is 9.96. The lowest BCUT2D eigenvalue weighted by Crippen LogP contribution is -2.60. The molecule has 1 heterocycles. The predicted octanol–water partition coefficient (Wildman–Crippen LogP) is 4.62. The summed E-state index contributed by atoms with van der Waals surface area (Å²) < 4.78 is 0. The van der Waals surface area contributed by atoms with Gasteiger partial charge < -0.3 is 10.6 Å². The molecule has 2 N–H and O–H groups in total. The second-order valence-electron chi connectivity index (χ2n) is 7.47. The highest BCUT2D eigenvalue weighted by Gasteiger charge is 2.34. The Labute approximate surface area is 149 Å². The fourth-order valence-corrected chi connectivity index (χ4v) is 3.70. The summed E-state index contributed by atoms with van der Waals surface area (Å²) in [5.41, 5.74) is 7.93. The van der Waals surface area contributed by atoms with Gasteiger partial charge in [0.25, 0.3) is 0 Å². The van der Waals surface area contributed by atoms with Crippen molar-refractivity contribution in [3.8, 4) is 0 Å². The third-order valence-electron chi connectivity index (χ3n) is 5.61. The lowest BCUT2D eigenvalue weighted by molar-refractivity contribution is 0.0929. The number of anilines is 1. The summed E-state index contributed by atoms with van der Waals surface area (Å²) in [6.45, 7) is 5.53. The van der Waals surface area contributed by atoms with E-state index in [1.165, 1.54) is 50.6 Å². The van der Waals surface area contributed by atoms with Crippen molar-refractivity contribution in [1.82, 2.24) is 4.90 Å². The van der Waals surface area contributed by atoms with E-state index in [9.17, 15) is 0 Å². The highest BCUT2D eigenvalue weighted by molar-refractivity contribution is 5.46. The number of para-hydroxylation sites is 1. The van der Waals surface area contributed by atoms with E-state index in [0.29, 0.717) is 0 Å². The van der Waals surface area contributed by atoms with E-state index in [0.717, 1.165) is 32.5 Å².